The smallest absolute Gasteiger partial charge is 0.148 e. The Hall–Kier alpha value is -6.35. The molecule has 0 spiro atoms. The Morgan fingerprint density at radius 1 is 0.493 bits per heavy atom. The van der Waals surface area contributed by atoms with Gasteiger partial charge in [0.25, 0.3) is 0 Å². The van der Waals surface area contributed by atoms with E-state index in [1.165, 1.54) is 22.9 Å². The number of benzene rings is 7. The van der Waals surface area contributed by atoms with Crippen LogP contribution in [0.1, 0.15) is 142 Å². The van der Waals surface area contributed by atoms with E-state index in [4.69, 9.17) is 47.0 Å². The average molecular weight is 1110 g/mol. The summed E-state index contributed by atoms with van der Waals surface area (Å²) in [6, 6.07) is 44.7. The molecule has 4 nitrogen and oxygen atoms in total. The molecule has 0 unspecified atom stereocenters. The molecule has 0 radical (unpaired) electrons. The van der Waals surface area contributed by atoms with Gasteiger partial charge in [-0.05, 0) is 96.5 Å². The molecule has 0 bridgehead atoms. The first-order chi connectivity index (χ1) is 43.4. The molecule has 0 fully saturated rings. The normalized spacial score (nSPS) is 19.7. The fourth-order valence-corrected chi connectivity index (χ4v) is 8.55. The van der Waals surface area contributed by atoms with Crippen molar-refractivity contribution in [2.24, 2.45) is 0 Å². The number of pyridine rings is 1. The fourth-order valence-electron chi connectivity index (χ4n) is 8.55. The monoisotopic (exact) mass is 1110 g/mol. The summed E-state index contributed by atoms with van der Waals surface area (Å²) < 4.78 is 234. The van der Waals surface area contributed by atoms with E-state index in [1.807, 2.05) is 63.2 Å². The van der Waals surface area contributed by atoms with Crippen LogP contribution in [0.2, 0.25) is 0 Å². The molecular weight excluding hydrogens is 1020 g/mol. The van der Waals surface area contributed by atoms with Gasteiger partial charge in [0.1, 0.15) is 11.6 Å². The average Bonchev–Trinajstić information content (AvgIpc) is 1.14. The van der Waals surface area contributed by atoms with E-state index in [0.29, 0.717) is 45.0 Å². The largest absolute Gasteiger partial charge is 0.507 e. The van der Waals surface area contributed by atoms with E-state index >= 15 is 0 Å². The van der Waals surface area contributed by atoms with Crippen molar-refractivity contribution in [1.29, 1.82) is 0 Å². The number of aromatic hydroxyl groups is 1. The van der Waals surface area contributed by atoms with Crippen LogP contribution in [0.4, 0.5) is 0 Å². The third kappa shape index (κ3) is 9.93. The maximum Gasteiger partial charge on any atom is 0.148 e. The molecule has 0 amide bonds. The molecule has 9 rings (SSSR count). The summed E-state index contributed by atoms with van der Waals surface area (Å²) >= 11 is 0. The van der Waals surface area contributed by atoms with Crippen LogP contribution in [0.5, 0.6) is 5.75 Å². The van der Waals surface area contributed by atoms with E-state index in [-0.39, 0.29) is 55.1 Å². The second-order valence-corrected chi connectivity index (χ2v) is 18.0. The first-order valence-electron chi connectivity index (χ1n) is 35.2. The van der Waals surface area contributed by atoms with Gasteiger partial charge in [-0.3, -0.25) is 9.55 Å². The van der Waals surface area contributed by atoms with Crippen molar-refractivity contribution < 1.29 is 63.2 Å². The van der Waals surface area contributed by atoms with Gasteiger partial charge in [0.2, 0.25) is 0 Å². The van der Waals surface area contributed by atoms with Gasteiger partial charge in [0.05, 0.1) is 16.6 Å². The topological polar surface area (TPSA) is 50.9 Å². The standard InChI is InChI=1S/C64H64N3O.Pt/c1-61(2,3)48-28-26-42(27-29-48)44-32-33-65-56(37-44)47-35-45(41-20-15-13-16-21-41)34-46(36-47)52-24-19-25-57-58(52)66-60(53-38-49(62(4,5)6)39-55(59(53)68)64(10,11)12)67(57)50-30-31-51(43-22-17-14-18-23-43)54(40-50)63(7,8)9;/h13-35,37-40,68H,1-12H3;/q-1;/i1D3,2D3,3D3,4D3,5D3,6D3,10D3,11D3,12D3;. The number of fused-ring (bicyclic) bond motifs is 1. The molecule has 5 heteroatoms. The third-order valence-corrected chi connectivity index (χ3v) is 12.0. The minimum Gasteiger partial charge on any atom is -0.507 e. The maximum atomic E-state index is 13.1. The van der Waals surface area contributed by atoms with Crippen molar-refractivity contribution in [2.75, 3.05) is 0 Å². The summed E-state index contributed by atoms with van der Waals surface area (Å²) in [6.45, 7) is -29.7. The van der Waals surface area contributed by atoms with Gasteiger partial charge >= 0.3 is 0 Å². The SMILES string of the molecule is [2H]C([2H])([2H])C(c1ccc(-c2ccnc(-c3[c-]c(-c4cccc5c4nc(-c4cc(C(C([2H])([2H])[2H])(C([2H])([2H])[2H])C([2H])([2H])[2H])cc(C(C([2H])([2H])[2H])(C([2H])([2H])[2H])C([2H])([2H])[2H])c4O)n5-c4ccc(-c5ccccc5)c(C(C)(C)C)c4)cc(-c4ccccc4)c3)c2)cc1)(C([2H])([2H])[2H])C([2H])([2H])[2H].[Pt]. The predicted octanol–water partition coefficient (Wildman–Crippen LogP) is 17.1. The van der Waals surface area contributed by atoms with Crippen LogP contribution in [-0.4, -0.2) is 19.6 Å². The van der Waals surface area contributed by atoms with E-state index in [0.717, 1.165) is 23.3 Å². The number of nitrogens with zero attached hydrogens (tertiary/aromatic N) is 3. The van der Waals surface area contributed by atoms with E-state index in [1.54, 1.807) is 78.9 Å². The van der Waals surface area contributed by atoms with Gasteiger partial charge in [0.15, 0.2) is 0 Å². The van der Waals surface area contributed by atoms with Crippen LogP contribution >= 0.6 is 0 Å². The van der Waals surface area contributed by atoms with Gasteiger partial charge in [-0.15, -0.1) is 23.8 Å². The van der Waals surface area contributed by atoms with Crippen molar-refractivity contribution in [2.45, 2.75) is 104 Å². The van der Waals surface area contributed by atoms with Gasteiger partial charge in [0, 0.05) is 81.2 Å². The number of phenolic OH excluding ortho intramolecular Hbond substituents is 1. The van der Waals surface area contributed by atoms with Crippen LogP contribution in [0.15, 0.2) is 164 Å². The fraction of sp³-hybridized carbons (Fsp3) is 0.250. The summed E-state index contributed by atoms with van der Waals surface area (Å²) in [5.74, 6) is -1.95. The first kappa shape index (κ1) is 25.5. The molecular formula is C64H64N3OPt-. The van der Waals surface area contributed by atoms with Gasteiger partial charge < -0.3 is 5.11 Å². The molecule has 352 valence electrons. The van der Waals surface area contributed by atoms with Gasteiger partial charge in [-0.2, -0.15) is 0 Å². The molecule has 2 aromatic heterocycles. The van der Waals surface area contributed by atoms with Crippen molar-refractivity contribution in [3.8, 4) is 78.6 Å². The molecule has 9 aromatic rings. The van der Waals surface area contributed by atoms with Crippen LogP contribution in [-0.2, 0) is 42.7 Å². The number of phenols is 1. The molecule has 0 aliphatic carbocycles. The number of hydrogen-bond acceptors (Lipinski definition) is 3. The number of hydrogen-bond donors (Lipinski definition) is 1. The Morgan fingerprint density at radius 3 is 1.80 bits per heavy atom. The van der Waals surface area contributed by atoms with Crippen molar-refractivity contribution in [3.05, 3.63) is 192 Å². The molecule has 0 saturated carbocycles. The van der Waals surface area contributed by atoms with E-state index in [9.17, 15) is 5.11 Å². The van der Waals surface area contributed by atoms with Crippen LogP contribution in [0.25, 0.3) is 83.9 Å². The quantitative estimate of drug-likeness (QED) is 0.162. The number of para-hydroxylation sites is 1. The second kappa shape index (κ2) is 18.5. The zero-order chi connectivity index (χ0) is 70.8. The molecule has 0 aliphatic rings. The number of rotatable bonds is 7. The van der Waals surface area contributed by atoms with Crippen LogP contribution in [0, 0.1) is 6.07 Å². The molecule has 1 N–H and O–H groups in total. The Morgan fingerprint density at radius 2 is 1.13 bits per heavy atom. The van der Waals surface area contributed by atoms with Crippen molar-refractivity contribution in [3.63, 3.8) is 0 Å². The summed E-state index contributed by atoms with van der Waals surface area (Å²) in [7, 11) is 0. The minimum atomic E-state index is -4.21. The summed E-state index contributed by atoms with van der Waals surface area (Å²) in [5.41, 5.74) is -10.5. The molecule has 69 heavy (non-hydrogen) atoms. The third-order valence-electron chi connectivity index (χ3n) is 12.0. The molecule has 0 saturated heterocycles. The molecule has 0 aliphatic heterocycles. The Kier molecular flexibility index (Phi) is 6.84. The number of aromatic nitrogens is 3. The maximum absolute atomic E-state index is 13.1. The minimum absolute atomic E-state index is 0. The van der Waals surface area contributed by atoms with Gasteiger partial charge in [-0.25, -0.2) is 4.98 Å². The zero-order valence-corrected chi connectivity index (χ0v) is 40.0. The second-order valence-electron chi connectivity index (χ2n) is 18.0. The first-order valence-corrected chi connectivity index (χ1v) is 21.7. The Labute approximate surface area is 462 Å². The molecule has 7 aromatic carbocycles. The van der Waals surface area contributed by atoms with E-state index < -0.39 is 117 Å². The summed E-state index contributed by atoms with van der Waals surface area (Å²) in [6.07, 6.45) is 1.47. The van der Waals surface area contributed by atoms with E-state index in [2.05, 4.69) is 6.07 Å². The van der Waals surface area contributed by atoms with Crippen molar-refractivity contribution >= 4 is 11.0 Å². The summed E-state index contributed by atoms with van der Waals surface area (Å²) in [4.78, 5) is 9.84. The number of imidazole rings is 1. The molecule has 0 atom stereocenters. The Bertz CT molecular complexity index is 4230. The predicted molar refractivity (Wildman–Crippen MR) is 287 cm³/mol. The summed E-state index contributed by atoms with van der Waals surface area (Å²) in [5, 5.41) is 13.1. The zero-order valence-electron chi connectivity index (χ0n) is 64.7. The van der Waals surface area contributed by atoms with Crippen molar-refractivity contribution in [1.82, 2.24) is 14.5 Å². The van der Waals surface area contributed by atoms with Crippen LogP contribution in [0.3, 0.4) is 0 Å². The molecule has 2 heterocycles. The Balaban J connectivity index is 0.0000118. The van der Waals surface area contributed by atoms with Gasteiger partial charge in [-0.1, -0.05) is 214 Å². The van der Waals surface area contributed by atoms with Crippen LogP contribution < -0.4 is 0 Å².